The van der Waals surface area contributed by atoms with Crippen molar-refractivity contribution in [2.45, 2.75) is 44.6 Å². The normalized spacial score (nSPS) is 24.0. The van der Waals surface area contributed by atoms with Gasteiger partial charge in [-0.3, -0.25) is 4.90 Å². The molecule has 142 valence electrons. The fourth-order valence-corrected chi connectivity index (χ4v) is 4.20. The number of alkyl halides is 1. The van der Waals surface area contributed by atoms with Crippen LogP contribution in [0.25, 0.3) is 11.1 Å². The predicted molar refractivity (Wildman–Crippen MR) is 104 cm³/mol. The second kappa shape index (κ2) is 5.98. The number of halogens is 1. The molecule has 0 radical (unpaired) electrons. The van der Waals surface area contributed by atoms with Crippen molar-refractivity contribution in [3.63, 3.8) is 0 Å². The van der Waals surface area contributed by atoms with Gasteiger partial charge >= 0.3 is 6.09 Å². The molecule has 2 heterocycles. The largest absolute Gasteiger partial charge is 0.444 e. The number of carbonyl (C=O) groups is 1. The van der Waals surface area contributed by atoms with Gasteiger partial charge < -0.3 is 9.64 Å². The Morgan fingerprint density at radius 2 is 1.85 bits per heavy atom. The first-order chi connectivity index (χ1) is 12.7. The maximum atomic E-state index is 16.2. The average molecular weight is 368 g/mol. The molecule has 0 aromatic heterocycles. The number of benzene rings is 2. The van der Waals surface area contributed by atoms with Gasteiger partial charge in [0.25, 0.3) is 0 Å². The monoisotopic (exact) mass is 368 g/mol. The quantitative estimate of drug-likeness (QED) is 0.715. The van der Waals surface area contributed by atoms with E-state index >= 15 is 4.39 Å². The van der Waals surface area contributed by atoms with Gasteiger partial charge in [0, 0.05) is 31.3 Å². The van der Waals surface area contributed by atoms with Crippen LogP contribution in [-0.4, -0.2) is 36.4 Å². The minimum absolute atomic E-state index is 0.270. The van der Waals surface area contributed by atoms with Crippen molar-refractivity contribution in [3.8, 4) is 11.1 Å². The molecule has 2 aromatic carbocycles. The van der Waals surface area contributed by atoms with Crippen LogP contribution in [0.2, 0.25) is 0 Å². The maximum absolute atomic E-state index is 16.2. The van der Waals surface area contributed by atoms with Crippen LogP contribution in [-0.2, 0) is 10.4 Å². The zero-order chi connectivity index (χ0) is 19.4. The molecule has 1 fully saturated rings. The molecular formula is C22H25FN2O2. The highest BCUT2D eigenvalue weighted by Crippen LogP contribution is 2.53. The van der Waals surface area contributed by atoms with Gasteiger partial charge in [-0.2, -0.15) is 0 Å². The Hall–Kier alpha value is -2.56. The Kier molecular flexibility index (Phi) is 3.95. The summed E-state index contributed by atoms with van der Waals surface area (Å²) in [4.78, 5) is 16.0. The smallest absolute Gasteiger partial charge is 0.412 e. The van der Waals surface area contributed by atoms with Crippen LogP contribution in [0.1, 0.15) is 32.8 Å². The standard InChI is InChI=1S/C22H25FN2O2/c1-21(2,3)27-20(26)25-13-12-22(23)17-14-16(15-8-6-5-7-9-15)10-11-18(17)24(4)19(22)25/h5-11,14,19H,12-13H2,1-4H3/t19-,22+/m0/s1. The van der Waals surface area contributed by atoms with Crippen LogP contribution in [0.5, 0.6) is 0 Å². The van der Waals surface area contributed by atoms with Gasteiger partial charge in [0.05, 0.1) is 0 Å². The highest BCUT2D eigenvalue weighted by molar-refractivity contribution is 5.76. The lowest BCUT2D eigenvalue weighted by atomic mass is 9.92. The Bertz CT molecular complexity index is 878. The van der Waals surface area contributed by atoms with Gasteiger partial charge in [-0.1, -0.05) is 36.4 Å². The van der Waals surface area contributed by atoms with Crippen molar-refractivity contribution in [2.75, 3.05) is 18.5 Å². The van der Waals surface area contributed by atoms with E-state index in [0.29, 0.717) is 12.1 Å². The SMILES string of the molecule is CN1c2ccc(-c3ccccc3)cc2[C@]2(F)CCN(C(=O)OC(C)(C)C)[C@H]12. The number of amides is 1. The fraction of sp³-hybridized carbons (Fsp3) is 0.409. The number of hydrogen-bond acceptors (Lipinski definition) is 3. The predicted octanol–water partition coefficient (Wildman–Crippen LogP) is 4.94. The van der Waals surface area contributed by atoms with Crippen LogP contribution in [0.3, 0.4) is 0 Å². The third kappa shape index (κ3) is 2.85. The van der Waals surface area contributed by atoms with E-state index in [1.807, 2.05) is 81.2 Å². The third-order valence-corrected chi connectivity index (χ3v) is 5.35. The summed E-state index contributed by atoms with van der Waals surface area (Å²) in [6, 6.07) is 15.8. The van der Waals surface area contributed by atoms with Gasteiger partial charge in [-0.15, -0.1) is 0 Å². The van der Waals surface area contributed by atoms with E-state index in [1.54, 1.807) is 0 Å². The van der Waals surface area contributed by atoms with E-state index in [0.717, 1.165) is 16.8 Å². The lowest BCUT2D eigenvalue weighted by Crippen LogP contribution is -2.50. The highest BCUT2D eigenvalue weighted by Gasteiger charge is 2.59. The van der Waals surface area contributed by atoms with E-state index < -0.39 is 23.5 Å². The van der Waals surface area contributed by atoms with Gasteiger partial charge in [0.1, 0.15) is 11.8 Å². The van der Waals surface area contributed by atoms with Crippen LogP contribution in [0.15, 0.2) is 48.5 Å². The lowest BCUT2D eigenvalue weighted by Gasteiger charge is -2.33. The summed E-state index contributed by atoms with van der Waals surface area (Å²) in [6.07, 6.45) is -0.865. The summed E-state index contributed by atoms with van der Waals surface area (Å²) < 4.78 is 21.7. The number of fused-ring (bicyclic) bond motifs is 3. The molecule has 4 rings (SSSR count). The molecule has 0 N–H and O–H groups in total. The number of hydrogen-bond donors (Lipinski definition) is 0. The second-order valence-electron chi connectivity index (χ2n) is 8.37. The lowest BCUT2D eigenvalue weighted by molar-refractivity contribution is 0.0139. The van der Waals surface area contributed by atoms with E-state index in [4.69, 9.17) is 4.74 Å². The molecule has 2 aromatic rings. The first-order valence-electron chi connectivity index (χ1n) is 9.32. The minimum Gasteiger partial charge on any atom is -0.444 e. The minimum atomic E-state index is -1.59. The summed E-state index contributed by atoms with van der Waals surface area (Å²) >= 11 is 0. The molecule has 4 nitrogen and oxygen atoms in total. The summed E-state index contributed by atoms with van der Waals surface area (Å²) in [5.74, 6) is 0. The summed E-state index contributed by atoms with van der Waals surface area (Å²) in [5.41, 5.74) is 1.32. The number of likely N-dealkylation sites (N-methyl/N-ethyl adjacent to an activating group) is 1. The summed E-state index contributed by atoms with van der Waals surface area (Å²) in [7, 11) is 1.84. The van der Waals surface area contributed by atoms with E-state index in [9.17, 15) is 4.79 Å². The first-order valence-corrected chi connectivity index (χ1v) is 9.32. The maximum Gasteiger partial charge on any atom is 0.412 e. The second-order valence-corrected chi connectivity index (χ2v) is 8.37. The molecule has 1 saturated heterocycles. The molecule has 2 aliphatic heterocycles. The molecule has 5 heteroatoms. The highest BCUT2D eigenvalue weighted by atomic mass is 19.1. The molecule has 0 bridgehead atoms. The van der Waals surface area contributed by atoms with Crippen LogP contribution in [0, 0.1) is 0 Å². The number of anilines is 1. The number of likely N-dealkylation sites (tertiary alicyclic amines) is 1. The van der Waals surface area contributed by atoms with Gasteiger partial charge in [-0.05, 0) is 44.0 Å². The molecule has 2 atom stereocenters. The molecule has 0 unspecified atom stereocenters. The molecule has 1 amide bonds. The molecular weight excluding hydrogens is 343 g/mol. The van der Waals surface area contributed by atoms with Crippen molar-refractivity contribution in [3.05, 3.63) is 54.1 Å². The van der Waals surface area contributed by atoms with Crippen molar-refractivity contribution in [2.24, 2.45) is 0 Å². The van der Waals surface area contributed by atoms with Crippen molar-refractivity contribution >= 4 is 11.8 Å². The topological polar surface area (TPSA) is 32.8 Å². The number of carbonyl (C=O) groups excluding carboxylic acids is 1. The van der Waals surface area contributed by atoms with Crippen molar-refractivity contribution < 1.29 is 13.9 Å². The van der Waals surface area contributed by atoms with Crippen molar-refractivity contribution in [1.82, 2.24) is 4.90 Å². The molecule has 0 aliphatic carbocycles. The Balaban J connectivity index is 1.70. The number of nitrogens with zero attached hydrogens (tertiary/aromatic N) is 2. The molecule has 27 heavy (non-hydrogen) atoms. The van der Waals surface area contributed by atoms with Gasteiger partial charge in [0.2, 0.25) is 0 Å². The zero-order valence-electron chi connectivity index (χ0n) is 16.2. The molecule has 2 aliphatic rings. The number of ether oxygens (including phenoxy) is 1. The van der Waals surface area contributed by atoms with Crippen LogP contribution >= 0.6 is 0 Å². The first kappa shape index (κ1) is 17.8. The average Bonchev–Trinajstić information content (AvgIpc) is 3.07. The van der Waals surface area contributed by atoms with E-state index in [-0.39, 0.29) is 6.42 Å². The summed E-state index contributed by atoms with van der Waals surface area (Å²) in [5, 5.41) is 0. The zero-order valence-corrected chi connectivity index (χ0v) is 16.2. The van der Waals surface area contributed by atoms with E-state index in [1.165, 1.54) is 4.90 Å². The van der Waals surface area contributed by atoms with Crippen LogP contribution < -0.4 is 4.90 Å². The van der Waals surface area contributed by atoms with Crippen LogP contribution in [0.4, 0.5) is 14.9 Å². The van der Waals surface area contributed by atoms with Crippen molar-refractivity contribution in [1.29, 1.82) is 0 Å². The molecule has 0 spiro atoms. The van der Waals surface area contributed by atoms with Gasteiger partial charge in [-0.25, -0.2) is 9.18 Å². The van der Waals surface area contributed by atoms with Gasteiger partial charge in [0.15, 0.2) is 5.67 Å². The Labute approximate surface area is 159 Å². The van der Waals surface area contributed by atoms with E-state index in [2.05, 4.69) is 0 Å². The Morgan fingerprint density at radius 3 is 2.52 bits per heavy atom. The third-order valence-electron chi connectivity index (χ3n) is 5.35. The Morgan fingerprint density at radius 1 is 1.15 bits per heavy atom. The number of rotatable bonds is 1. The fourth-order valence-electron chi connectivity index (χ4n) is 4.20. The summed E-state index contributed by atoms with van der Waals surface area (Å²) in [6.45, 7) is 5.81. The molecule has 0 saturated carbocycles.